The Balaban J connectivity index is 1.31. The number of nitrogens with zero attached hydrogens (tertiary/aromatic N) is 1. The van der Waals surface area contributed by atoms with E-state index in [1.54, 1.807) is 20.8 Å². The van der Waals surface area contributed by atoms with E-state index in [9.17, 15) is 19.5 Å². The van der Waals surface area contributed by atoms with Crippen LogP contribution < -0.4 is 16.0 Å². The first-order valence-electron chi connectivity index (χ1n) is 19.0. The summed E-state index contributed by atoms with van der Waals surface area (Å²) in [6, 6.07) is -0.935. The van der Waals surface area contributed by atoms with Crippen LogP contribution in [0.4, 0.5) is 4.79 Å². The normalized spacial score (nSPS) is 49.7. The van der Waals surface area contributed by atoms with Gasteiger partial charge in [0.05, 0.1) is 23.9 Å². The number of hydrogen-bond donors (Lipinski definition) is 4. The van der Waals surface area contributed by atoms with Gasteiger partial charge in [0, 0.05) is 36.7 Å². The fraction of sp³-hybridized carbons (Fsp3) is 0.919. The van der Waals surface area contributed by atoms with Crippen molar-refractivity contribution in [1.29, 1.82) is 0 Å². The van der Waals surface area contributed by atoms with Crippen LogP contribution in [0.3, 0.4) is 0 Å². The Morgan fingerprint density at radius 1 is 1.06 bits per heavy atom. The van der Waals surface area contributed by atoms with Crippen LogP contribution in [-0.2, 0) is 33.3 Å². The van der Waals surface area contributed by atoms with Crippen LogP contribution in [0, 0.1) is 23.2 Å². The Kier molecular flexibility index (Phi) is 10.5. The van der Waals surface area contributed by atoms with Gasteiger partial charge in [-0.25, -0.2) is 4.79 Å². The summed E-state index contributed by atoms with van der Waals surface area (Å²) in [6.07, 6.45) is 0.890. The average molecular weight is 707 g/mol. The summed E-state index contributed by atoms with van der Waals surface area (Å²) in [7, 11) is 3.90. The number of ketones is 1. The van der Waals surface area contributed by atoms with Crippen molar-refractivity contribution in [2.75, 3.05) is 33.8 Å². The number of fused-ring (bicyclic) bond motifs is 10. The van der Waals surface area contributed by atoms with Crippen molar-refractivity contribution in [3.05, 3.63) is 0 Å². The predicted molar refractivity (Wildman–Crippen MR) is 184 cm³/mol. The Hall–Kier alpha value is -1.87. The molecule has 4 N–H and O–H groups in total. The van der Waals surface area contributed by atoms with Crippen LogP contribution in [0.5, 0.6) is 0 Å². The molecule has 5 aliphatic heterocycles. The van der Waals surface area contributed by atoms with Gasteiger partial charge in [-0.1, -0.05) is 20.8 Å². The molecule has 0 unspecified atom stereocenters. The van der Waals surface area contributed by atoms with E-state index in [0.29, 0.717) is 32.4 Å². The minimum atomic E-state index is -1.55. The first kappa shape index (κ1) is 37.9. The molecule has 284 valence electrons. The molecular weight excluding hydrogens is 644 g/mol. The van der Waals surface area contributed by atoms with E-state index in [0.717, 1.165) is 5.92 Å². The molecule has 0 aromatic heterocycles. The maximum Gasteiger partial charge on any atom is 0.408 e. The molecule has 50 heavy (non-hydrogen) atoms. The lowest BCUT2D eigenvalue weighted by Crippen LogP contribution is -2.68. The monoisotopic (exact) mass is 706 g/mol. The van der Waals surface area contributed by atoms with Gasteiger partial charge < -0.3 is 49.6 Å². The molecule has 0 aromatic rings. The van der Waals surface area contributed by atoms with Gasteiger partial charge in [0.2, 0.25) is 0 Å². The largest absolute Gasteiger partial charge is 0.457 e. The van der Waals surface area contributed by atoms with Gasteiger partial charge in [0.25, 0.3) is 0 Å². The van der Waals surface area contributed by atoms with Crippen molar-refractivity contribution in [3.63, 3.8) is 0 Å². The number of aliphatic hydroxyl groups excluding tert-OH is 1. The standard InChI is InChI=1S/C37H62N4O9/c1-10-26-36(7)28(40-33(45)50-36)22(4)38-18-20(2)14-35(6)30(21(3)29(43)34(5,11-12-46-35)32(44)48-26)49-31-27(42)25(41(8)9)13-24(47-31)19-39-37-15-23(16-37)17-37/h20-28,30-31,38-39,42H,10-19H2,1-9H3,(H,40,45)/t20-,21+,22-,23?,24+,25+,26-,27-,28-,30-,31+,34+,35+,36-,37?/m1/s1. The van der Waals surface area contributed by atoms with Crippen LogP contribution in [0.15, 0.2) is 0 Å². The fourth-order valence-electron chi connectivity index (χ4n) is 9.93. The number of rotatable bonds is 7. The minimum Gasteiger partial charge on any atom is -0.457 e. The molecule has 3 aliphatic carbocycles. The zero-order valence-corrected chi connectivity index (χ0v) is 31.6. The third-order valence-corrected chi connectivity index (χ3v) is 13.2. The molecule has 0 aromatic carbocycles. The number of aliphatic hydroxyl groups is 1. The maximum absolute atomic E-state index is 14.7. The van der Waals surface area contributed by atoms with E-state index in [1.165, 1.54) is 19.3 Å². The highest BCUT2D eigenvalue weighted by Gasteiger charge is 2.59. The van der Waals surface area contributed by atoms with Gasteiger partial charge in [0.15, 0.2) is 17.7 Å². The second-order valence-electron chi connectivity index (χ2n) is 17.5. The highest BCUT2D eigenvalue weighted by atomic mass is 16.7. The molecule has 8 fully saturated rings. The smallest absolute Gasteiger partial charge is 0.408 e. The van der Waals surface area contributed by atoms with E-state index in [2.05, 4.69) is 22.9 Å². The van der Waals surface area contributed by atoms with Crippen molar-refractivity contribution in [1.82, 2.24) is 20.9 Å². The van der Waals surface area contributed by atoms with Crippen LogP contribution in [0.1, 0.15) is 93.4 Å². The average Bonchev–Trinajstić information content (AvgIpc) is 3.33. The Labute approximate surface area is 297 Å². The number of carbonyl (C=O) groups excluding carboxylic acids is 3. The SMILES string of the molecule is CC[C@H]1OC(=O)[C@@]2(C)CCO[C@@](C)(C[C@@H](C)CN[C@H](C)[C@H]3NC(=O)O[C@@]31C)[C@H](O[C@@H]1O[C@H](CNC34CC(C3)C4)C[C@H](N(C)C)[C@H]1O)[C@@H](C)C2=O. The third kappa shape index (κ3) is 6.73. The number of carbonyl (C=O) groups is 3. The summed E-state index contributed by atoms with van der Waals surface area (Å²) < 4.78 is 32.2. The molecule has 13 atom stereocenters. The van der Waals surface area contributed by atoms with E-state index in [4.69, 9.17) is 23.7 Å². The maximum atomic E-state index is 14.7. The molecule has 8 aliphatic rings. The fourth-order valence-corrected chi connectivity index (χ4v) is 9.93. The summed E-state index contributed by atoms with van der Waals surface area (Å²) in [5.41, 5.74) is -3.46. The first-order valence-corrected chi connectivity index (χ1v) is 19.0. The van der Waals surface area contributed by atoms with Gasteiger partial charge >= 0.3 is 12.1 Å². The van der Waals surface area contributed by atoms with Gasteiger partial charge in [-0.2, -0.15) is 0 Å². The van der Waals surface area contributed by atoms with E-state index in [1.807, 2.05) is 39.8 Å². The van der Waals surface area contributed by atoms with Gasteiger partial charge in [-0.3, -0.25) is 9.59 Å². The molecule has 5 saturated heterocycles. The van der Waals surface area contributed by atoms with Crippen molar-refractivity contribution in [3.8, 4) is 0 Å². The summed E-state index contributed by atoms with van der Waals surface area (Å²) in [6.45, 7) is 14.5. The minimum absolute atomic E-state index is 0.0487. The van der Waals surface area contributed by atoms with Crippen molar-refractivity contribution in [2.45, 2.75) is 159 Å². The molecular formula is C37H62N4O9. The highest BCUT2D eigenvalue weighted by molar-refractivity contribution is 6.04. The van der Waals surface area contributed by atoms with Gasteiger partial charge in [-0.15, -0.1) is 0 Å². The molecule has 4 bridgehead atoms. The molecule has 8 rings (SSSR count). The first-order chi connectivity index (χ1) is 23.4. The summed E-state index contributed by atoms with van der Waals surface area (Å²) in [5, 5.41) is 22.0. The topological polar surface area (TPSA) is 157 Å². The lowest BCUT2D eigenvalue weighted by atomic mass is 9.50. The quantitative estimate of drug-likeness (QED) is 0.227. The number of nitrogens with one attached hydrogen (secondary N) is 3. The van der Waals surface area contributed by atoms with Gasteiger partial charge in [-0.05, 0) is 105 Å². The Morgan fingerprint density at radius 2 is 1.76 bits per heavy atom. The number of likely N-dealkylation sites (N-methyl/N-ethyl adjacent to an activating group) is 1. The van der Waals surface area contributed by atoms with Crippen LogP contribution in [0.25, 0.3) is 0 Å². The molecule has 3 saturated carbocycles. The highest BCUT2D eigenvalue weighted by Crippen LogP contribution is 2.57. The van der Waals surface area contributed by atoms with Crippen LogP contribution in [-0.4, -0.2) is 127 Å². The van der Waals surface area contributed by atoms with E-state index >= 15 is 0 Å². The third-order valence-electron chi connectivity index (χ3n) is 13.2. The van der Waals surface area contributed by atoms with Crippen molar-refractivity contribution in [2.24, 2.45) is 23.2 Å². The molecule has 1 amide bonds. The van der Waals surface area contributed by atoms with Crippen LogP contribution >= 0.6 is 0 Å². The van der Waals surface area contributed by atoms with Gasteiger partial charge in [0.1, 0.15) is 17.6 Å². The molecule has 0 radical (unpaired) electrons. The zero-order valence-electron chi connectivity index (χ0n) is 31.6. The number of ether oxygens (including phenoxy) is 5. The Bertz CT molecular complexity index is 1280. The lowest BCUT2D eigenvalue weighted by molar-refractivity contribution is -0.302. The number of amides is 1. The zero-order chi connectivity index (χ0) is 36.4. The number of hydrogen-bond acceptors (Lipinski definition) is 12. The molecule has 13 heteroatoms. The molecule has 0 spiro atoms. The number of Topliss-reactive ketones (excluding diaryl/α,β-unsaturated/α-hetero) is 1. The molecule has 5 heterocycles. The number of esters is 1. The second-order valence-corrected chi connectivity index (χ2v) is 17.5. The summed E-state index contributed by atoms with van der Waals surface area (Å²) >= 11 is 0. The molecule has 13 nitrogen and oxygen atoms in total. The van der Waals surface area contributed by atoms with Crippen molar-refractivity contribution < 1.29 is 43.2 Å². The summed E-state index contributed by atoms with van der Waals surface area (Å²) in [5.74, 6) is -0.909. The summed E-state index contributed by atoms with van der Waals surface area (Å²) in [4.78, 5) is 43.6. The second kappa shape index (κ2) is 13.8. The van der Waals surface area contributed by atoms with Crippen LogP contribution in [0.2, 0.25) is 0 Å². The lowest BCUT2D eigenvalue weighted by Gasteiger charge is -2.62. The van der Waals surface area contributed by atoms with E-state index < -0.39 is 65.2 Å². The Morgan fingerprint density at radius 3 is 2.38 bits per heavy atom. The predicted octanol–water partition coefficient (Wildman–Crippen LogP) is 2.52. The van der Waals surface area contributed by atoms with Crippen molar-refractivity contribution >= 4 is 17.8 Å². The van der Waals surface area contributed by atoms with E-state index in [-0.39, 0.29) is 48.5 Å². The number of alkyl carbamates (subject to hydrolysis) is 1.